The van der Waals surface area contributed by atoms with Crippen molar-refractivity contribution in [3.05, 3.63) is 52.0 Å². The zero-order chi connectivity index (χ0) is 14.9. The van der Waals surface area contributed by atoms with Crippen LogP contribution in [0.15, 0.2) is 34.8 Å². The quantitative estimate of drug-likeness (QED) is 0.732. The maximum absolute atomic E-state index is 13.6. The smallest absolute Gasteiger partial charge is 0.255 e. The van der Waals surface area contributed by atoms with Crippen molar-refractivity contribution in [2.45, 2.75) is 0 Å². The molecule has 2 rings (SSSR count). The molecular formula is C13H8BrF2NO3. The van der Waals surface area contributed by atoms with Crippen LogP contribution in [0.4, 0.5) is 14.5 Å². The molecule has 2 aromatic rings. The molecule has 0 unspecified atom stereocenters. The van der Waals surface area contributed by atoms with Crippen LogP contribution < -0.4 is 5.32 Å². The number of phenolic OH excluding ortho intramolecular Hbond substituents is 2. The van der Waals surface area contributed by atoms with Gasteiger partial charge in [-0.2, -0.15) is 0 Å². The van der Waals surface area contributed by atoms with Crippen LogP contribution in [0.2, 0.25) is 0 Å². The van der Waals surface area contributed by atoms with Crippen molar-refractivity contribution in [3.63, 3.8) is 0 Å². The number of halogens is 3. The third-order valence-corrected chi connectivity index (χ3v) is 2.94. The number of carbonyl (C=O) groups excluding carboxylic acids is 1. The van der Waals surface area contributed by atoms with E-state index >= 15 is 0 Å². The second-order valence-corrected chi connectivity index (χ2v) is 4.82. The second kappa shape index (κ2) is 5.46. The van der Waals surface area contributed by atoms with Gasteiger partial charge in [0.15, 0.2) is 23.1 Å². The third-order valence-electron chi connectivity index (χ3n) is 2.48. The first-order valence-corrected chi connectivity index (χ1v) is 6.15. The van der Waals surface area contributed by atoms with E-state index < -0.39 is 34.7 Å². The highest BCUT2D eigenvalue weighted by Crippen LogP contribution is 2.27. The van der Waals surface area contributed by atoms with Gasteiger partial charge in [0.05, 0.1) is 0 Å². The van der Waals surface area contributed by atoms with Crippen molar-refractivity contribution in [1.29, 1.82) is 0 Å². The van der Waals surface area contributed by atoms with E-state index in [9.17, 15) is 18.7 Å². The summed E-state index contributed by atoms with van der Waals surface area (Å²) in [6.07, 6.45) is 0. The Labute approximate surface area is 120 Å². The third kappa shape index (κ3) is 2.88. The summed E-state index contributed by atoms with van der Waals surface area (Å²) in [7, 11) is 0. The number of hydrogen-bond donors (Lipinski definition) is 3. The highest BCUT2D eigenvalue weighted by Gasteiger charge is 2.15. The number of benzene rings is 2. The maximum atomic E-state index is 13.6. The number of rotatable bonds is 2. The molecule has 0 saturated heterocycles. The van der Waals surface area contributed by atoms with Gasteiger partial charge in [0.1, 0.15) is 5.69 Å². The van der Waals surface area contributed by atoms with E-state index in [1.54, 1.807) is 0 Å². The monoisotopic (exact) mass is 343 g/mol. The number of phenols is 2. The highest BCUT2D eigenvalue weighted by atomic mass is 79.9. The van der Waals surface area contributed by atoms with Crippen LogP contribution in [0, 0.1) is 11.6 Å². The van der Waals surface area contributed by atoms with Crippen molar-refractivity contribution in [3.8, 4) is 11.5 Å². The Balaban J connectivity index is 2.30. The van der Waals surface area contributed by atoms with Gasteiger partial charge in [0, 0.05) is 10.0 Å². The second-order valence-electron chi connectivity index (χ2n) is 3.90. The van der Waals surface area contributed by atoms with Crippen LogP contribution in [-0.2, 0) is 0 Å². The Bertz CT molecular complexity index is 668. The van der Waals surface area contributed by atoms with E-state index in [0.29, 0.717) is 0 Å². The van der Waals surface area contributed by atoms with E-state index in [-0.39, 0.29) is 10.0 Å². The molecule has 0 bridgehead atoms. The normalized spacial score (nSPS) is 10.3. The van der Waals surface area contributed by atoms with Crippen LogP contribution in [0.1, 0.15) is 10.4 Å². The Morgan fingerprint density at radius 3 is 2.20 bits per heavy atom. The number of anilines is 1. The molecule has 0 spiro atoms. The Morgan fingerprint density at radius 1 is 1.05 bits per heavy atom. The first kappa shape index (κ1) is 14.3. The zero-order valence-electron chi connectivity index (χ0n) is 9.82. The van der Waals surface area contributed by atoms with Gasteiger partial charge in [-0.3, -0.25) is 4.79 Å². The van der Waals surface area contributed by atoms with Gasteiger partial charge in [-0.15, -0.1) is 0 Å². The molecule has 4 nitrogen and oxygen atoms in total. The topological polar surface area (TPSA) is 69.6 Å². The van der Waals surface area contributed by atoms with Crippen molar-refractivity contribution < 1.29 is 23.8 Å². The molecule has 0 atom stereocenters. The lowest BCUT2D eigenvalue weighted by Crippen LogP contribution is -2.14. The Kier molecular flexibility index (Phi) is 3.89. The molecule has 0 aliphatic heterocycles. The molecule has 0 radical (unpaired) electrons. The van der Waals surface area contributed by atoms with Gasteiger partial charge in [-0.25, -0.2) is 8.78 Å². The molecule has 0 heterocycles. The number of nitrogens with one attached hydrogen (secondary N) is 1. The molecule has 0 aliphatic carbocycles. The van der Waals surface area contributed by atoms with E-state index in [4.69, 9.17) is 5.11 Å². The molecule has 0 aliphatic rings. The van der Waals surface area contributed by atoms with Gasteiger partial charge in [0.2, 0.25) is 0 Å². The lowest BCUT2D eigenvalue weighted by atomic mass is 10.2. The summed E-state index contributed by atoms with van der Waals surface area (Å²) in [6, 6.07) is 5.30. The van der Waals surface area contributed by atoms with Crippen LogP contribution in [-0.4, -0.2) is 16.1 Å². The minimum Gasteiger partial charge on any atom is -0.504 e. The molecule has 0 aromatic heterocycles. The predicted octanol–water partition coefficient (Wildman–Crippen LogP) is 3.39. The predicted molar refractivity (Wildman–Crippen MR) is 71.8 cm³/mol. The molecule has 1 amide bonds. The summed E-state index contributed by atoms with van der Waals surface area (Å²) < 4.78 is 27.3. The van der Waals surface area contributed by atoms with Crippen LogP contribution in [0.3, 0.4) is 0 Å². The highest BCUT2D eigenvalue weighted by molar-refractivity contribution is 9.10. The lowest BCUT2D eigenvalue weighted by Gasteiger charge is -2.08. The minimum atomic E-state index is -0.937. The molecule has 104 valence electrons. The summed E-state index contributed by atoms with van der Waals surface area (Å²) in [5.41, 5.74) is -0.646. The Hall–Kier alpha value is -2.15. The minimum absolute atomic E-state index is 0.0537. The lowest BCUT2D eigenvalue weighted by molar-refractivity contribution is 0.102. The SMILES string of the molecule is O=C(Nc1c(F)cc(Br)cc1F)c1ccc(O)c(O)c1. The maximum Gasteiger partial charge on any atom is 0.255 e. The largest absolute Gasteiger partial charge is 0.504 e. The van der Waals surface area contributed by atoms with E-state index in [1.807, 2.05) is 0 Å². The van der Waals surface area contributed by atoms with Crippen LogP contribution in [0.25, 0.3) is 0 Å². The zero-order valence-corrected chi connectivity index (χ0v) is 11.4. The first-order chi connectivity index (χ1) is 9.38. The summed E-state index contributed by atoms with van der Waals surface area (Å²) in [5, 5.41) is 20.5. The number of hydrogen-bond acceptors (Lipinski definition) is 3. The standard InChI is InChI=1S/C13H8BrF2NO3/c14-7-4-8(15)12(9(16)5-7)17-13(20)6-1-2-10(18)11(19)3-6/h1-5,18-19H,(H,17,20). The van der Waals surface area contributed by atoms with Crippen LogP contribution >= 0.6 is 15.9 Å². The van der Waals surface area contributed by atoms with Crippen molar-refractivity contribution >= 4 is 27.5 Å². The fourth-order valence-electron chi connectivity index (χ4n) is 1.51. The molecule has 20 heavy (non-hydrogen) atoms. The summed E-state index contributed by atoms with van der Waals surface area (Å²) in [5.74, 6) is -3.60. The van der Waals surface area contributed by atoms with Crippen molar-refractivity contribution in [2.75, 3.05) is 5.32 Å². The number of aromatic hydroxyl groups is 2. The van der Waals surface area contributed by atoms with Gasteiger partial charge in [0.25, 0.3) is 5.91 Å². The number of amides is 1. The molecular weight excluding hydrogens is 336 g/mol. The molecule has 0 saturated carbocycles. The molecule has 3 N–H and O–H groups in total. The van der Waals surface area contributed by atoms with Crippen molar-refractivity contribution in [1.82, 2.24) is 0 Å². The summed E-state index contributed by atoms with van der Waals surface area (Å²) in [6.45, 7) is 0. The van der Waals surface area contributed by atoms with Crippen LogP contribution in [0.5, 0.6) is 11.5 Å². The van der Waals surface area contributed by atoms with E-state index in [0.717, 1.165) is 24.3 Å². The molecule has 2 aromatic carbocycles. The van der Waals surface area contributed by atoms with E-state index in [1.165, 1.54) is 6.07 Å². The van der Waals surface area contributed by atoms with E-state index in [2.05, 4.69) is 21.2 Å². The van der Waals surface area contributed by atoms with Gasteiger partial charge in [-0.1, -0.05) is 15.9 Å². The molecule has 7 heteroatoms. The number of carbonyl (C=O) groups is 1. The molecule has 0 fully saturated rings. The van der Waals surface area contributed by atoms with Gasteiger partial charge < -0.3 is 15.5 Å². The summed E-state index contributed by atoms with van der Waals surface area (Å²) >= 11 is 2.92. The average molecular weight is 344 g/mol. The average Bonchev–Trinajstić information content (AvgIpc) is 2.36. The Morgan fingerprint density at radius 2 is 1.65 bits per heavy atom. The first-order valence-electron chi connectivity index (χ1n) is 5.36. The fraction of sp³-hybridized carbons (Fsp3) is 0. The fourth-order valence-corrected chi connectivity index (χ4v) is 1.91. The van der Waals surface area contributed by atoms with Crippen molar-refractivity contribution in [2.24, 2.45) is 0 Å². The van der Waals surface area contributed by atoms with Gasteiger partial charge >= 0.3 is 0 Å². The summed E-state index contributed by atoms with van der Waals surface area (Å²) in [4.78, 5) is 11.8. The van der Waals surface area contributed by atoms with Gasteiger partial charge in [-0.05, 0) is 30.3 Å².